The maximum atomic E-state index is 13.6. The van der Waals surface area contributed by atoms with Crippen LogP contribution in [0.2, 0.25) is 10.0 Å². The summed E-state index contributed by atoms with van der Waals surface area (Å²) in [6, 6.07) is 12.3. The van der Waals surface area contributed by atoms with Crippen LogP contribution in [-0.4, -0.2) is 28.8 Å². The molecule has 0 spiro atoms. The number of aromatic nitrogens is 2. The average Bonchev–Trinajstić information content (AvgIpc) is 3.11. The highest BCUT2D eigenvalue weighted by atomic mass is 35.5. The van der Waals surface area contributed by atoms with E-state index in [0.29, 0.717) is 20.5 Å². The largest absolute Gasteiger partial charge is 0.492 e. The predicted octanol–water partition coefficient (Wildman–Crippen LogP) is 5.01. The molecule has 2 aromatic carbocycles. The van der Waals surface area contributed by atoms with Gasteiger partial charge in [-0.1, -0.05) is 29.3 Å². The van der Waals surface area contributed by atoms with Gasteiger partial charge in [0.05, 0.1) is 24.0 Å². The van der Waals surface area contributed by atoms with Gasteiger partial charge < -0.3 is 10.1 Å². The van der Waals surface area contributed by atoms with Crippen LogP contribution >= 0.6 is 23.2 Å². The molecule has 1 heterocycles. The van der Waals surface area contributed by atoms with Crippen LogP contribution in [0, 0.1) is 0 Å². The SMILES string of the molecule is O=C(NCCOc1cccc(Cl)c1)c1cnn(-c2ccc(Cl)cc2)c1C(F)(F)F. The van der Waals surface area contributed by atoms with E-state index < -0.39 is 23.3 Å². The molecule has 0 bridgehead atoms. The smallest absolute Gasteiger partial charge is 0.434 e. The summed E-state index contributed by atoms with van der Waals surface area (Å²) < 4.78 is 46.9. The van der Waals surface area contributed by atoms with Gasteiger partial charge in [-0.3, -0.25) is 4.79 Å². The Kier molecular flexibility index (Phi) is 6.34. The molecule has 1 aromatic heterocycles. The first kappa shape index (κ1) is 21.0. The van der Waals surface area contributed by atoms with Crippen molar-refractivity contribution in [2.45, 2.75) is 6.18 Å². The van der Waals surface area contributed by atoms with Crippen molar-refractivity contribution in [1.29, 1.82) is 0 Å². The average molecular weight is 444 g/mol. The van der Waals surface area contributed by atoms with E-state index in [1.807, 2.05) is 0 Å². The predicted molar refractivity (Wildman–Crippen MR) is 103 cm³/mol. The molecule has 0 saturated heterocycles. The van der Waals surface area contributed by atoms with Crippen LogP contribution in [0.4, 0.5) is 13.2 Å². The number of carbonyl (C=O) groups excluding carboxylic acids is 1. The van der Waals surface area contributed by atoms with Gasteiger partial charge in [0, 0.05) is 10.0 Å². The van der Waals surface area contributed by atoms with Crippen molar-refractivity contribution in [2.75, 3.05) is 13.2 Å². The number of hydrogen-bond acceptors (Lipinski definition) is 3. The quantitative estimate of drug-likeness (QED) is 0.545. The van der Waals surface area contributed by atoms with Gasteiger partial charge in [-0.15, -0.1) is 0 Å². The molecule has 3 rings (SSSR count). The van der Waals surface area contributed by atoms with Crippen LogP contribution in [0.3, 0.4) is 0 Å². The summed E-state index contributed by atoms with van der Waals surface area (Å²) in [6.07, 6.45) is -3.91. The minimum atomic E-state index is -4.79. The Hall–Kier alpha value is -2.71. The fraction of sp³-hybridized carbons (Fsp3) is 0.158. The number of benzene rings is 2. The number of nitrogens with zero attached hydrogens (tertiary/aromatic N) is 2. The standard InChI is InChI=1S/C19H14Cl2F3N3O2/c20-12-4-6-14(7-5-12)27-17(19(22,23)24)16(11-26-27)18(28)25-8-9-29-15-3-1-2-13(21)10-15/h1-7,10-11H,8-9H2,(H,25,28). The van der Waals surface area contributed by atoms with Crippen LogP contribution in [-0.2, 0) is 6.18 Å². The summed E-state index contributed by atoms with van der Waals surface area (Å²) in [5, 5.41) is 6.98. The number of ether oxygens (including phenoxy) is 1. The molecular formula is C19H14Cl2F3N3O2. The number of rotatable bonds is 6. The van der Waals surface area contributed by atoms with Gasteiger partial charge in [0.2, 0.25) is 0 Å². The number of halogens is 5. The van der Waals surface area contributed by atoms with E-state index in [1.54, 1.807) is 24.3 Å². The summed E-state index contributed by atoms with van der Waals surface area (Å²) in [7, 11) is 0. The molecule has 0 atom stereocenters. The van der Waals surface area contributed by atoms with Crippen molar-refractivity contribution < 1.29 is 22.7 Å². The Morgan fingerprint density at radius 3 is 2.48 bits per heavy atom. The third-order valence-electron chi connectivity index (χ3n) is 3.81. The molecule has 1 amide bonds. The van der Waals surface area contributed by atoms with Gasteiger partial charge >= 0.3 is 6.18 Å². The number of hydrogen-bond donors (Lipinski definition) is 1. The third kappa shape index (κ3) is 5.21. The van der Waals surface area contributed by atoms with Crippen molar-refractivity contribution in [3.05, 3.63) is 76.0 Å². The normalized spacial score (nSPS) is 11.3. The lowest BCUT2D eigenvalue weighted by atomic mass is 10.2. The maximum Gasteiger partial charge on any atom is 0.434 e. The van der Waals surface area contributed by atoms with Gasteiger partial charge in [-0.25, -0.2) is 4.68 Å². The molecule has 10 heteroatoms. The van der Waals surface area contributed by atoms with E-state index in [2.05, 4.69) is 10.4 Å². The zero-order chi connectivity index (χ0) is 21.0. The van der Waals surface area contributed by atoms with Crippen LogP contribution in [0.25, 0.3) is 5.69 Å². The van der Waals surface area contributed by atoms with Crippen molar-refractivity contribution in [3.63, 3.8) is 0 Å². The summed E-state index contributed by atoms with van der Waals surface area (Å²) >= 11 is 11.6. The van der Waals surface area contributed by atoms with Gasteiger partial charge in [-0.05, 0) is 42.5 Å². The van der Waals surface area contributed by atoms with E-state index >= 15 is 0 Å². The molecule has 0 fully saturated rings. The highest BCUT2D eigenvalue weighted by molar-refractivity contribution is 6.30. The summed E-state index contributed by atoms with van der Waals surface area (Å²) in [6.45, 7) is 0.0491. The lowest BCUT2D eigenvalue weighted by Crippen LogP contribution is -2.30. The highest BCUT2D eigenvalue weighted by Crippen LogP contribution is 2.33. The van der Waals surface area contributed by atoms with Gasteiger partial charge in [0.25, 0.3) is 5.91 Å². The first-order valence-corrected chi connectivity index (χ1v) is 9.09. The van der Waals surface area contributed by atoms with Crippen LogP contribution < -0.4 is 10.1 Å². The van der Waals surface area contributed by atoms with E-state index in [0.717, 1.165) is 6.20 Å². The molecule has 29 heavy (non-hydrogen) atoms. The Labute approximate surface area is 174 Å². The maximum absolute atomic E-state index is 13.6. The summed E-state index contributed by atoms with van der Waals surface area (Å²) in [4.78, 5) is 12.3. The lowest BCUT2D eigenvalue weighted by molar-refractivity contribution is -0.143. The number of alkyl halides is 3. The molecule has 1 N–H and O–H groups in total. The molecule has 3 aromatic rings. The van der Waals surface area contributed by atoms with Crippen LogP contribution in [0.5, 0.6) is 5.75 Å². The highest BCUT2D eigenvalue weighted by Gasteiger charge is 2.40. The molecule has 0 radical (unpaired) electrons. The molecule has 0 saturated carbocycles. The number of nitrogens with one attached hydrogen (secondary N) is 1. The summed E-state index contributed by atoms with van der Waals surface area (Å²) in [5.41, 5.74) is -1.63. The first-order chi connectivity index (χ1) is 13.8. The molecule has 0 aliphatic carbocycles. The fourth-order valence-corrected chi connectivity index (χ4v) is 2.86. The first-order valence-electron chi connectivity index (χ1n) is 8.33. The van der Waals surface area contributed by atoms with Crippen molar-refractivity contribution >= 4 is 29.1 Å². The van der Waals surface area contributed by atoms with Crippen molar-refractivity contribution in [3.8, 4) is 11.4 Å². The second kappa shape index (κ2) is 8.75. The van der Waals surface area contributed by atoms with E-state index in [9.17, 15) is 18.0 Å². The topological polar surface area (TPSA) is 56.1 Å². The summed E-state index contributed by atoms with van der Waals surface area (Å²) in [5.74, 6) is -0.425. The van der Waals surface area contributed by atoms with E-state index in [1.165, 1.54) is 24.3 Å². The molecule has 5 nitrogen and oxygen atoms in total. The van der Waals surface area contributed by atoms with Gasteiger partial charge in [0.15, 0.2) is 5.69 Å². The molecule has 0 aliphatic rings. The third-order valence-corrected chi connectivity index (χ3v) is 4.29. The van der Waals surface area contributed by atoms with E-state index in [-0.39, 0.29) is 18.8 Å². The Morgan fingerprint density at radius 2 is 1.83 bits per heavy atom. The molecular weight excluding hydrogens is 430 g/mol. The van der Waals surface area contributed by atoms with Crippen LogP contribution in [0.1, 0.15) is 16.1 Å². The molecule has 0 aliphatic heterocycles. The second-order valence-corrected chi connectivity index (χ2v) is 6.73. The minimum absolute atomic E-state index is 0.00519. The molecule has 0 unspecified atom stereocenters. The van der Waals surface area contributed by atoms with Crippen molar-refractivity contribution in [2.24, 2.45) is 0 Å². The fourth-order valence-electron chi connectivity index (χ4n) is 2.55. The number of amides is 1. The minimum Gasteiger partial charge on any atom is -0.492 e. The Bertz CT molecular complexity index is 1000. The van der Waals surface area contributed by atoms with Gasteiger partial charge in [0.1, 0.15) is 12.4 Å². The van der Waals surface area contributed by atoms with E-state index in [4.69, 9.17) is 27.9 Å². The molecule has 152 valence electrons. The van der Waals surface area contributed by atoms with Crippen molar-refractivity contribution in [1.82, 2.24) is 15.1 Å². The monoisotopic (exact) mass is 443 g/mol. The zero-order valence-corrected chi connectivity index (χ0v) is 16.2. The Balaban J connectivity index is 1.72. The lowest BCUT2D eigenvalue weighted by Gasteiger charge is -2.13. The second-order valence-electron chi connectivity index (χ2n) is 5.85. The zero-order valence-electron chi connectivity index (χ0n) is 14.7. The number of carbonyl (C=O) groups is 1. The van der Waals surface area contributed by atoms with Crippen LogP contribution in [0.15, 0.2) is 54.7 Å². The Morgan fingerprint density at radius 1 is 1.10 bits per heavy atom. The van der Waals surface area contributed by atoms with Gasteiger partial charge in [-0.2, -0.15) is 18.3 Å².